The molecule has 3 heterocycles. The number of alkyl halides is 3. The molecule has 5 rings (SSSR count). The zero-order chi connectivity index (χ0) is 26.2. The highest BCUT2D eigenvalue weighted by molar-refractivity contribution is 6.34. The third-order valence-electron chi connectivity index (χ3n) is 6.12. The van der Waals surface area contributed by atoms with E-state index >= 15 is 0 Å². The van der Waals surface area contributed by atoms with Crippen molar-refractivity contribution in [3.8, 4) is 0 Å². The van der Waals surface area contributed by atoms with Crippen LogP contribution in [0.4, 0.5) is 30.4 Å². The van der Waals surface area contributed by atoms with Gasteiger partial charge in [0.15, 0.2) is 0 Å². The highest BCUT2D eigenvalue weighted by atomic mass is 35.5. The molecule has 1 amide bonds. The Morgan fingerprint density at radius 1 is 0.919 bits per heavy atom. The molecule has 0 spiro atoms. The lowest BCUT2D eigenvalue weighted by atomic mass is 10.1. The number of piperazine rings is 1. The number of aromatic nitrogens is 2. The SMILES string of the molecule is O=C(c1ccc(Nc2ccnc3cc(C(F)(F)F)ccc23)cc1)N1CCN(c2cc(Cl)cc(Cl)n2)CC1. The van der Waals surface area contributed by atoms with E-state index in [1.54, 1.807) is 47.4 Å². The molecule has 0 aliphatic carbocycles. The Morgan fingerprint density at radius 3 is 2.32 bits per heavy atom. The summed E-state index contributed by atoms with van der Waals surface area (Å²) in [6.07, 6.45) is -2.98. The van der Waals surface area contributed by atoms with Crippen LogP contribution in [0.2, 0.25) is 10.2 Å². The molecule has 1 fully saturated rings. The summed E-state index contributed by atoms with van der Waals surface area (Å²) >= 11 is 12.1. The van der Waals surface area contributed by atoms with Gasteiger partial charge >= 0.3 is 6.18 Å². The van der Waals surface area contributed by atoms with Crippen molar-refractivity contribution in [3.63, 3.8) is 0 Å². The van der Waals surface area contributed by atoms with Gasteiger partial charge in [-0.15, -0.1) is 0 Å². The summed E-state index contributed by atoms with van der Waals surface area (Å²) in [7, 11) is 0. The summed E-state index contributed by atoms with van der Waals surface area (Å²) in [6, 6.07) is 15.4. The summed E-state index contributed by atoms with van der Waals surface area (Å²) < 4.78 is 39.1. The van der Waals surface area contributed by atoms with Crippen LogP contribution in [-0.2, 0) is 6.18 Å². The average Bonchev–Trinajstić information content (AvgIpc) is 2.88. The van der Waals surface area contributed by atoms with Gasteiger partial charge in [0.25, 0.3) is 5.91 Å². The van der Waals surface area contributed by atoms with E-state index in [4.69, 9.17) is 23.2 Å². The van der Waals surface area contributed by atoms with E-state index in [2.05, 4.69) is 15.3 Å². The molecule has 0 saturated carbocycles. The topological polar surface area (TPSA) is 61.4 Å². The molecule has 190 valence electrons. The van der Waals surface area contributed by atoms with Crippen molar-refractivity contribution in [1.29, 1.82) is 0 Å². The van der Waals surface area contributed by atoms with E-state index in [0.717, 1.165) is 12.1 Å². The number of rotatable bonds is 4. The van der Waals surface area contributed by atoms with Gasteiger partial charge in [0, 0.05) is 59.7 Å². The van der Waals surface area contributed by atoms with Crippen molar-refractivity contribution in [3.05, 3.63) is 88.2 Å². The largest absolute Gasteiger partial charge is 0.416 e. The summed E-state index contributed by atoms with van der Waals surface area (Å²) in [5, 5.41) is 4.59. The molecule has 11 heteroatoms. The van der Waals surface area contributed by atoms with Gasteiger partial charge in [0.05, 0.1) is 11.1 Å². The monoisotopic (exact) mass is 545 g/mol. The first kappa shape index (κ1) is 25.1. The smallest absolute Gasteiger partial charge is 0.355 e. The van der Waals surface area contributed by atoms with Gasteiger partial charge in [0.2, 0.25) is 0 Å². The Labute approximate surface area is 220 Å². The highest BCUT2D eigenvalue weighted by Gasteiger charge is 2.30. The van der Waals surface area contributed by atoms with Crippen molar-refractivity contribution in [2.75, 3.05) is 36.4 Å². The van der Waals surface area contributed by atoms with E-state index in [-0.39, 0.29) is 11.4 Å². The van der Waals surface area contributed by atoms with E-state index in [9.17, 15) is 18.0 Å². The lowest BCUT2D eigenvalue weighted by Gasteiger charge is -2.35. The number of carbonyl (C=O) groups is 1. The summed E-state index contributed by atoms with van der Waals surface area (Å²) in [5.74, 6) is 0.593. The molecule has 0 radical (unpaired) electrons. The Hall–Kier alpha value is -3.56. The molecule has 2 aromatic heterocycles. The maximum atomic E-state index is 13.0. The van der Waals surface area contributed by atoms with Crippen LogP contribution >= 0.6 is 23.2 Å². The Kier molecular flexibility index (Phi) is 6.83. The predicted octanol–water partition coefficient (Wildman–Crippen LogP) is 6.66. The Bertz CT molecular complexity index is 1440. The molecule has 6 nitrogen and oxygen atoms in total. The quantitative estimate of drug-likeness (QED) is 0.290. The van der Waals surface area contributed by atoms with Gasteiger partial charge < -0.3 is 15.1 Å². The van der Waals surface area contributed by atoms with Gasteiger partial charge in [-0.1, -0.05) is 29.3 Å². The van der Waals surface area contributed by atoms with Crippen molar-refractivity contribution in [2.45, 2.75) is 6.18 Å². The minimum atomic E-state index is -4.44. The van der Waals surface area contributed by atoms with Crippen LogP contribution in [0.1, 0.15) is 15.9 Å². The van der Waals surface area contributed by atoms with Crippen LogP contribution in [0.25, 0.3) is 10.9 Å². The fourth-order valence-electron chi connectivity index (χ4n) is 4.22. The number of anilines is 3. The molecule has 0 atom stereocenters. The van der Waals surface area contributed by atoms with E-state index in [0.29, 0.717) is 64.5 Å². The average molecular weight is 546 g/mol. The zero-order valence-electron chi connectivity index (χ0n) is 19.3. The number of nitrogens with zero attached hydrogens (tertiary/aromatic N) is 4. The van der Waals surface area contributed by atoms with E-state index in [1.165, 1.54) is 12.3 Å². The number of nitrogens with one attached hydrogen (secondary N) is 1. The summed E-state index contributed by atoms with van der Waals surface area (Å²) in [4.78, 5) is 25.2. The second-order valence-corrected chi connectivity index (χ2v) is 9.36. The minimum Gasteiger partial charge on any atom is -0.355 e. The number of fused-ring (bicyclic) bond motifs is 1. The molecule has 1 saturated heterocycles. The molecular weight excluding hydrogens is 526 g/mol. The molecule has 1 aliphatic heterocycles. The summed E-state index contributed by atoms with van der Waals surface area (Å²) in [6.45, 7) is 2.24. The molecule has 2 aromatic carbocycles. The van der Waals surface area contributed by atoms with Crippen LogP contribution in [-0.4, -0.2) is 47.0 Å². The standard InChI is InChI=1S/C26H20Cl2F3N5O/c27-18-14-23(28)34-24(15-18)35-9-11-36(12-10-35)25(37)16-1-4-19(5-2-16)33-21-7-8-32-22-13-17(26(29,30)31)3-6-20(21)22/h1-8,13-15H,9-12H2,(H,32,33). The van der Waals surface area contributed by atoms with Crippen molar-refractivity contribution in [1.82, 2.24) is 14.9 Å². The number of benzene rings is 2. The first-order chi connectivity index (χ1) is 17.7. The van der Waals surface area contributed by atoms with Gasteiger partial charge in [-0.05, 0) is 54.6 Å². The van der Waals surface area contributed by atoms with Crippen LogP contribution in [0, 0.1) is 0 Å². The fourth-order valence-corrected chi connectivity index (χ4v) is 4.68. The fraction of sp³-hybridized carbons (Fsp3) is 0.192. The number of carbonyl (C=O) groups excluding carboxylic acids is 1. The van der Waals surface area contributed by atoms with Crippen molar-refractivity contribution >= 4 is 57.2 Å². The molecule has 0 bridgehead atoms. The number of amides is 1. The van der Waals surface area contributed by atoms with Gasteiger partial charge in [-0.25, -0.2) is 4.98 Å². The molecule has 1 N–H and O–H groups in total. The molecule has 37 heavy (non-hydrogen) atoms. The lowest BCUT2D eigenvalue weighted by Crippen LogP contribution is -2.49. The zero-order valence-corrected chi connectivity index (χ0v) is 20.8. The van der Waals surface area contributed by atoms with E-state index in [1.807, 2.05) is 4.90 Å². The highest BCUT2D eigenvalue weighted by Crippen LogP contribution is 2.33. The third-order valence-corrected chi connectivity index (χ3v) is 6.53. The minimum absolute atomic E-state index is 0.0858. The number of halogens is 5. The third kappa shape index (κ3) is 5.57. The Morgan fingerprint density at radius 2 is 1.65 bits per heavy atom. The number of hydrogen-bond donors (Lipinski definition) is 1. The molecule has 1 aliphatic rings. The van der Waals surface area contributed by atoms with Gasteiger partial charge in [-0.2, -0.15) is 13.2 Å². The number of hydrogen-bond acceptors (Lipinski definition) is 5. The second-order valence-electron chi connectivity index (χ2n) is 8.54. The van der Waals surface area contributed by atoms with E-state index < -0.39 is 11.7 Å². The molecule has 0 unspecified atom stereocenters. The molecular formula is C26H20Cl2F3N5O. The van der Waals surface area contributed by atoms with Crippen molar-refractivity contribution < 1.29 is 18.0 Å². The first-order valence-electron chi connectivity index (χ1n) is 11.4. The van der Waals surface area contributed by atoms with Crippen LogP contribution in [0.15, 0.2) is 66.9 Å². The summed E-state index contributed by atoms with van der Waals surface area (Å²) in [5.41, 5.74) is 1.33. The van der Waals surface area contributed by atoms with Crippen LogP contribution in [0.3, 0.4) is 0 Å². The predicted molar refractivity (Wildman–Crippen MR) is 139 cm³/mol. The van der Waals surface area contributed by atoms with Crippen LogP contribution < -0.4 is 10.2 Å². The maximum absolute atomic E-state index is 13.0. The lowest BCUT2D eigenvalue weighted by molar-refractivity contribution is -0.137. The second kappa shape index (κ2) is 10.1. The van der Waals surface area contributed by atoms with Crippen molar-refractivity contribution in [2.24, 2.45) is 0 Å². The number of pyridine rings is 2. The van der Waals surface area contributed by atoms with Gasteiger partial charge in [0.1, 0.15) is 11.0 Å². The maximum Gasteiger partial charge on any atom is 0.416 e. The van der Waals surface area contributed by atoms with Crippen LogP contribution in [0.5, 0.6) is 0 Å². The molecule has 4 aromatic rings. The normalized spacial score (nSPS) is 14.2. The first-order valence-corrected chi connectivity index (χ1v) is 12.1. The van der Waals surface area contributed by atoms with Gasteiger partial charge in [-0.3, -0.25) is 9.78 Å². The Balaban J connectivity index is 1.25.